The lowest BCUT2D eigenvalue weighted by molar-refractivity contribution is 0.541. The molecule has 0 unspecified atom stereocenters. The van der Waals surface area contributed by atoms with E-state index >= 15 is 0 Å². The third kappa shape index (κ3) is 2.75. The third-order valence-corrected chi connectivity index (χ3v) is 4.14. The number of hydrogen-bond donors (Lipinski definition) is 0. The van der Waals surface area contributed by atoms with Crippen molar-refractivity contribution in [2.45, 2.75) is 44.8 Å². The Morgan fingerprint density at radius 3 is 2.82 bits per heavy atom. The van der Waals surface area contributed by atoms with Crippen molar-refractivity contribution in [1.29, 1.82) is 0 Å². The molecule has 0 spiro atoms. The van der Waals surface area contributed by atoms with Crippen LogP contribution in [-0.4, -0.2) is 9.45 Å². The van der Waals surface area contributed by atoms with E-state index in [0.29, 0.717) is 0 Å². The lowest BCUT2D eigenvalue weighted by atomic mass is 10.0. The van der Waals surface area contributed by atoms with Crippen LogP contribution in [0.3, 0.4) is 0 Å². The van der Waals surface area contributed by atoms with E-state index in [1.807, 2.05) is 11.8 Å². The summed E-state index contributed by atoms with van der Waals surface area (Å²) in [6, 6.07) is 0. The first kappa shape index (κ1) is 9.53. The Morgan fingerprint density at radius 2 is 2.36 bits per heavy atom. The molecule has 1 heterocycles. The summed E-state index contributed by atoms with van der Waals surface area (Å²) in [6.45, 7) is 4.58. The minimum Gasteiger partial charge on any atom is -0.115 e. The summed E-state index contributed by atoms with van der Waals surface area (Å²) < 4.78 is 1.23. The minimum absolute atomic E-state index is 0.832. The number of unbranched alkanes of at least 4 members (excludes halogenated alkanes) is 1. The summed E-state index contributed by atoms with van der Waals surface area (Å²) in [5.41, 5.74) is 0. The van der Waals surface area contributed by atoms with Gasteiger partial charge in [0.1, 0.15) is 0 Å². The van der Waals surface area contributed by atoms with Crippen LogP contribution in [0, 0.1) is 5.92 Å². The molecule has 0 nitrogen and oxygen atoms in total. The molecule has 0 bridgehead atoms. The van der Waals surface area contributed by atoms with Gasteiger partial charge in [-0.15, -0.1) is 11.8 Å². The van der Waals surface area contributed by atoms with Gasteiger partial charge >= 0.3 is 0 Å². The highest BCUT2D eigenvalue weighted by molar-refractivity contribution is 8.23. The molecule has 11 heavy (non-hydrogen) atoms. The molecule has 0 radical (unpaired) electrons. The Balaban J connectivity index is 2.28. The summed E-state index contributed by atoms with van der Waals surface area (Å²) in [5.74, 6) is 0.832. The second-order valence-electron chi connectivity index (χ2n) is 3.35. The fraction of sp³-hybridized carbons (Fsp3) is 0.889. The topological polar surface area (TPSA) is 0 Å². The Labute approximate surface area is 79.1 Å². The van der Waals surface area contributed by atoms with Crippen LogP contribution in [0.2, 0.25) is 0 Å². The van der Waals surface area contributed by atoms with Crippen LogP contribution in [0.1, 0.15) is 39.5 Å². The van der Waals surface area contributed by atoms with Crippen LogP contribution >= 0.6 is 24.0 Å². The lowest BCUT2D eigenvalue weighted by Crippen LogP contribution is -2.06. The smallest absolute Gasteiger partial charge is 0.0484 e. The molecule has 0 aromatic carbocycles. The molecule has 2 atom stereocenters. The van der Waals surface area contributed by atoms with E-state index in [9.17, 15) is 0 Å². The van der Waals surface area contributed by atoms with Crippen molar-refractivity contribution in [3.8, 4) is 0 Å². The van der Waals surface area contributed by atoms with E-state index in [4.69, 9.17) is 12.2 Å². The van der Waals surface area contributed by atoms with Gasteiger partial charge in [0.25, 0.3) is 0 Å². The standard InChI is InChI=1S/C9H16S2/c1-3-4-5-8-7(2)6-9(10)11-8/h7-8H,3-6H2,1-2H3/t7-,8-/m0/s1. The van der Waals surface area contributed by atoms with Crippen LogP contribution in [0.4, 0.5) is 0 Å². The second kappa shape index (κ2) is 4.46. The van der Waals surface area contributed by atoms with Gasteiger partial charge in [-0.05, 0) is 18.8 Å². The van der Waals surface area contributed by atoms with Crippen molar-refractivity contribution < 1.29 is 0 Å². The Morgan fingerprint density at radius 1 is 1.64 bits per heavy atom. The Bertz CT molecular complexity index is 142. The molecule has 1 fully saturated rings. The van der Waals surface area contributed by atoms with Crippen LogP contribution in [0.25, 0.3) is 0 Å². The minimum atomic E-state index is 0.832. The first-order valence-corrected chi connectivity index (χ1v) is 5.72. The molecule has 2 heteroatoms. The van der Waals surface area contributed by atoms with Crippen LogP contribution in [0.5, 0.6) is 0 Å². The summed E-state index contributed by atoms with van der Waals surface area (Å²) >= 11 is 7.13. The number of thioether (sulfide) groups is 1. The zero-order valence-electron chi connectivity index (χ0n) is 7.30. The van der Waals surface area contributed by atoms with Crippen molar-refractivity contribution in [2.75, 3.05) is 0 Å². The molecular weight excluding hydrogens is 172 g/mol. The van der Waals surface area contributed by atoms with Gasteiger partial charge < -0.3 is 0 Å². The first-order valence-electron chi connectivity index (χ1n) is 4.43. The molecule has 1 aliphatic heterocycles. The molecule has 64 valence electrons. The van der Waals surface area contributed by atoms with Gasteiger partial charge in [-0.25, -0.2) is 0 Å². The molecular formula is C9H16S2. The molecule has 0 aromatic heterocycles. The Hall–Kier alpha value is 0.440. The van der Waals surface area contributed by atoms with Crippen molar-refractivity contribution in [1.82, 2.24) is 0 Å². The number of rotatable bonds is 3. The SMILES string of the molecule is CCCC[C@@H]1SC(=S)C[C@@H]1C. The molecule has 0 amide bonds. The summed E-state index contributed by atoms with van der Waals surface area (Å²) in [4.78, 5) is 0. The zero-order valence-corrected chi connectivity index (χ0v) is 8.93. The van der Waals surface area contributed by atoms with Crippen LogP contribution < -0.4 is 0 Å². The van der Waals surface area contributed by atoms with Crippen LogP contribution in [-0.2, 0) is 0 Å². The van der Waals surface area contributed by atoms with E-state index in [-0.39, 0.29) is 0 Å². The fourth-order valence-electron chi connectivity index (χ4n) is 1.48. The maximum atomic E-state index is 5.19. The van der Waals surface area contributed by atoms with Crippen molar-refractivity contribution >= 4 is 28.2 Å². The summed E-state index contributed by atoms with van der Waals surface area (Å²) in [7, 11) is 0. The molecule has 0 aliphatic carbocycles. The zero-order chi connectivity index (χ0) is 8.27. The second-order valence-corrected chi connectivity index (χ2v) is 5.44. The van der Waals surface area contributed by atoms with Gasteiger partial charge in [0.05, 0.1) is 0 Å². The van der Waals surface area contributed by atoms with E-state index < -0.39 is 0 Å². The van der Waals surface area contributed by atoms with E-state index in [2.05, 4.69) is 13.8 Å². The fourth-order valence-corrected chi connectivity index (χ4v) is 3.42. The largest absolute Gasteiger partial charge is 0.115 e. The van der Waals surface area contributed by atoms with Gasteiger partial charge in [0, 0.05) is 9.45 Å². The molecule has 0 saturated carbocycles. The molecule has 1 rings (SSSR count). The van der Waals surface area contributed by atoms with Gasteiger partial charge in [0.15, 0.2) is 0 Å². The van der Waals surface area contributed by atoms with E-state index in [1.54, 1.807) is 0 Å². The molecule has 0 N–H and O–H groups in total. The summed E-state index contributed by atoms with van der Waals surface area (Å²) in [6.07, 6.45) is 5.22. The predicted molar refractivity (Wildman–Crippen MR) is 57.3 cm³/mol. The van der Waals surface area contributed by atoms with E-state index in [0.717, 1.165) is 11.2 Å². The highest BCUT2D eigenvalue weighted by Crippen LogP contribution is 2.37. The molecule has 0 aromatic rings. The maximum Gasteiger partial charge on any atom is 0.0484 e. The van der Waals surface area contributed by atoms with Crippen molar-refractivity contribution in [3.63, 3.8) is 0 Å². The van der Waals surface area contributed by atoms with Gasteiger partial charge in [-0.3, -0.25) is 0 Å². The van der Waals surface area contributed by atoms with Gasteiger partial charge in [0.2, 0.25) is 0 Å². The Kier molecular flexibility index (Phi) is 3.86. The third-order valence-electron chi connectivity index (χ3n) is 2.25. The van der Waals surface area contributed by atoms with Crippen LogP contribution in [0.15, 0.2) is 0 Å². The average molecular weight is 188 g/mol. The van der Waals surface area contributed by atoms with Crippen molar-refractivity contribution in [3.05, 3.63) is 0 Å². The number of hydrogen-bond acceptors (Lipinski definition) is 2. The van der Waals surface area contributed by atoms with Gasteiger partial charge in [-0.1, -0.05) is 38.9 Å². The highest BCUT2D eigenvalue weighted by atomic mass is 32.2. The van der Waals surface area contributed by atoms with Crippen molar-refractivity contribution in [2.24, 2.45) is 5.92 Å². The molecule has 1 aliphatic rings. The molecule has 1 saturated heterocycles. The predicted octanol–water partition coefficient (Wildman–Crippen LogP) is 3.65. The van der Waals surface area contributed by atoms with Gasteiger partial charge in [-0.2, -0.15) is 0 Å². The maximum absolute atomic E-state index is 5.19. The lowest BCUT2D eigenvalue weighted by Gasteiger charge is -2.11. The normalized spacial score (nSPS) is 31.3. The first-order chi connectivity index (χ1) is 5.24. The quantitative estimate of drug-likeness (QED) is 0.620. The monoisotopic (exact) mass is 188 g/mol. The average Bonchev–Trinajstić information content (AvgIpc) is 2.26. The highest BCUT2D eigenvalue weighted by Gasteiger charge is 2.26. The number of thiocarbonyl (C=S) groups is 1. The van der Waals surface area contributed by atoms with E-state index in [1.165, 1.54) is 29.9 Å². The summed E-state index contributed by atoms with van der Waals surface area (Å²) in [5, 5.41) is 0.836.